The van der Waals surface area contributed by atoms with Crippen molar-refractivity contribution in [3.63, 3.8) is 0 Å². The fraction of sp³-hybridized carbons (Fsp3) is 0.429. The van der Waals surface area contributed by atoms with E-state index in [1.54, 1.807) is 0 Å². The number of nitrogens with zero attached hydrogens (tertiary/aromatic N) is 3. The molecule has 0 heterocycles. The summed E-state index contributed by atoms with van der Waals surface area (Å²) in [6.07, 6.45) is 2.73. The summed E-state index contributed by atoms with van der Waals surface area (Å²) in [5.41, 5.74) is 11.4. The molecule has 0 saturated carbocycles. The second-order valence-corrected chi connectivity index (χ2v) is 21.7. The van der Waals surface area contributed by atoms with Crippen molar-refractivity contribution in [3.8, 4) is 0 Å². The van der Waals surface area contributed by atoms with Crippen molar-refractivity contribution in [1.82, 2.24) is 4.90 Å². The third-order valence-corrected chi connectivity index (χ3v) is 12.0. The Labute approximate surface area is 378 Å². The molecule has 5 rings (SSSR count). The summed E-state index contributed by atoms with van der Waals surface area (Å²) in [6, 6.07) is 46.5. The van der Waals surface area contributed by atoms with E-state index in [9.17, 15) is 0 Å². The minimum atomic E-state index is -0.913. The van der Waals surface area contributed by atoms with E-state index in [1.165, 1.54) is 57.8 Å². The Morgan fingerprint density at radius 2 is 0.806 bits per heavy atom. The number of hydrogen-bond acceptors (Lipinski definition) is 0. The maximum absolute atomic E-state index is 5.22. The molecule has 0 radical (unpaired) electrons. The number of nitrogens with one attached hydrogen (secondary N) is 2. The Kier molecular flexibility index (Phi) is 16.3. The van der Waals surface area contributed by atoms with Crippen LogP contribution in [-0.2, 0) is 21.7 Å². The average molecular weight is 834 g/mol. The summed E-state index contributed by atoms with van der Waals surface area (Å²) in [7, 11) is 8.13. The number of benzene rings is 5. The lowest BCUT2D eigenvalue weighted by Crippen LogP contribution is -2.66. The lowest BCUT2D eigenvalue weighted by molar-refractivity contribution is -0.470. The van der Waals surface area contributed by atoms with Crippen molar-refractivity contribution in [1.29, 1.82) is 0 Å². The second-order valence-electron chi connectivity index (χ2n) is 21.7. The Morgan fingerprint density at radius 3 is 1.05 bits per heavy atom. The van der Waals surface area contributed by atoms with Gasteiger partial charge in [0.25, 0.3) is 5.96 Å². The molecule has 0 unspecified atom stereocenters. The van der Waals surface area contributed by atoms with Gasteiger partial charge in [0.05, 0.1) is 34.3 Å². The SMILES string of the molecule is CCCC[B-](c1ccccc1)(c1ccccc1)c1ccccc1.CN(C)C(N=C(Nc1c(C(C)(C)C)cccc1C(C)(C)C)Nc1c(C(C)(C)C)cccc1C(C)(C)C)=[N+](C)C. The highest BCUT2D eigenvalue weighted by Gasteiger charge is 2.31. The van der Waals surface area contributed by atoms with Crippen LogP contribution < -0.4 is 27.0 Å². The van der Waals surface area contributed by atoms with Gasteiger partial charge in [0, 0.05) is 11.4 Å². The first kappa shape index (κ1) is 49.6. The molecule has 0 saturated heterocycles. The molecule has 2 N–H and O–H groups in total. The lowest BCUT2D eigenvalue weighted by Gasteiger charge is -2.43. The Balaban J connectivity index is 0.000000309. The van der Waals surface area contributed by atoms with Crippen LogP contribution >= 0.6 is 0 Å². The second kappa shape index (κ2) is 20.4. The molecule has 0 spiro atoms. The smallest absolute Gasteiger partial charge is 0.311 e. The number of guanidine groups is 2. The molecule has 0 aliphatic carbocycles. The first-order chi connectivity index (χ1) is 28.9. The fourth-order valence-electron chi connectivity index (χ4n) is 8.83. The van der Waals surface area contributed by atoms with Crippen molar-refractivity contribution in [2.45, 2.75) is 131 Å². The highest BCUT2D eigenvalue weighted by Crippen LogP contribution is 2.40. The van der Waals surface area contributed by atoms with Crippen LogP contribution in [0.3, 0.4) is 0 Å². The molecule has 0 amide bonds. The summed E-state index contributed by atoms with van der Waals surface area (Å²) < 4.78 is 2.05. The van der Waals surface area contributed by atoms with Crippen LogP contribution in [0.15, 0.2) is 132 Å². The highest BCUT2D eigenvalue weighted by molar-refractivity contribution is 7.11. The zero-order valence-electron chi connectivity index (χ0n) is 41.7. The standard InChI is InChI=1S/C34H55N5.C22H24B/c1-31(2,3)23-19-17-20-24(32(4,5)6)27(23)35-29(37-30(38(13)14)39(15)16)36-28-25(33(7,8)9)21-18-22-26(28)34(10,11)12;1-2-3-19-23(20-13-7-4-8-14-20,21-15-9-5-10-16-21)22-17-11-6-12-18-22/h17-22H,1-16H3,(H,35,36);4-18H,2-3,19H2,1H3/q;-1/p+1. The predicted octanol–water partition coefficient (Wildman–Crippen LogP) is 11.9. The number of anilines is 2. The molecular weight excluding hydrogens is 753 g/mol. The number of aliphatic imine (C=N–C) groups is 1. The van der Waals surface area contributed by atoms with Gasteiger partial charge in [0.15, 0.2) is 0 Å². The van der Waals surface area contributed by atoms with E-state index in [-0.39, 0.29) is 21.7 Å². The monoisotopic (exact) mass is 834 g/mol. The molecule has 5 aromatic rings. The number of unbranched alkanes of at least 4 members (excludes halogenated alkanes) is 1. The lowest BCUT2D eigenvalue weighted by atomic mass is 9.14. The summed E-state index contributed by atoms with van der Waals surface area (Å²) in [4.78, 5) is 7.27. The van der Waals surface area contributed by atoms with Crippen molar-refractivity contribution in [2.75, 3.05) is 38.8 Å². The molecule has 62 heavy (non-hydrogen) atoms. The van der Waals surface area contributed by atoms with Gasteiger partial charge in [-0.15, -0.1) is 0 Å². The van der Waals surface area contributed by atoms with E-state index in [0.29, 0.717) is 5.96 Å². The van der Waals surface area contributed by atoms with Crippen molar-refractivity contribution in [2.24, 2.45) is 4.99 Å². The molecule has 5 nitrogen and oxygen atoms in total. The van der Waals surface area contributed by atoms with Crippen LogP contribution in [0.25, 0.3) is 0 Å². The van der Waals surface area contributed by atoms with Crippen LogP contribution in [0.2, 0.25) is 6.32 Å². The van der Waals surface area contributed by atoms with E-state index in [1.807, 2.05) is 37.7 Å². The van der Waals surface area contributed by atoms with Gasteiger partial charge < -0.3 is 10.6 Å². The maximum Gasteiger partial charge on any atom is 0.392 e. The molecule has 332 valence electrons. The fourth-order valence-corrected chi connectivity index (χ4v) is 8.83. The molecule has 0 atom stereocenters. The van der Waals surface area contributed by atoms with Gasteiger partial charge in [-0.3, -0.25) is 9.48 Å². The van der Waals surface area contributed by atoms with Crippen LogP contribution in [0, 0.1) is 0 Å². The van der Waals surface area contributed by atoms with Crippen molar-refractivity contribution in [3.05, 3.63) is 150 Å². The third-order valence-electron chi connectivity index (χ3n) is 12.0. The normalized spacial score (nSPS) is 12.1. The summed E-state index contributed by atoms with van der Waals surface area (Å²) in [6.45, 7) is 29.5. The van der Waals surface area contributed by atoms with Gasteiger partial charge in [-0.05, 0) is 48.9 Å². The van der Waals surface area contributed by atoms with Gasteiger partial charge in [-0.25, -0.2) is 0 Å². The molecular formula is C56H80BN5. The van der Waals surface area contributed by atoms with Gasteiger partial charge in [-0.2, -0.15) is 22.7 Å². The van der Waals surface area contributed by atoms with Crippen molar-refractivity contribution >= 4 is 45.8 Å². The first-order valence-electron chi connectivity index (χ1n) is 22.9. The Bertz CT molecular complexity index is 2000. The van der Waals surface area contributed by atoms with Crippen LogP contribution in [-0.4, -0.2) is 55.7 Å². The third kappa shape index (κ3) is 12.3. The number of para-hydroxylation sites is 2. The Morgan fingerprint density at radius 1 is 0.500 bits per heavy atom. The van der Waals surface area contributed by atoms with E-state index in [0.717, 1.165) is 17.3 Å². The van der Waals surface area contributed by atoms with Crippen LogP contribution in [0.4, 0.5) is 11.4 Å². The average Bonchev–Trinajstić information content (AvgIpc) is 3.20. The van der Waals surface area contributed by atoms with Crippen LogP contribution in [0.1, 0.15) is 125 Å². The zero-order valence-corrected chi connectivity index (χ0v) is 41.7. The minimum absolute atomic E-state index is 0.0514. The molecule has 0 fully saturated rings. The summed E-state index contributed by atoms with van der Waals surface area (Å²) >= 11 is 0. The summed E-state index contributed by atoms with van der Waals surface area (Å²) in [5, 5.41) is 7.68. The zero-order chi connectivity index (χ0) is 46.1. The molecule has 6 heteroatoms. The van der Waals surface area contributed by atoms with E-state index in [2.05, 4.69) is 228 Å². The predicted molar refractivity (Wildman–Crippen MR) is 277 cm³/mol. The maximum atomic E-state index is 5.22. The van der Waals surface area contributed by atoms with E-state index >= 15 is 0 Å². The topological polar surface area (TPSA) is 42.7 Å². The molecule has 0 aliphatic rings. The summed E-state index contributed by atoms with van der Waals surface area (Å²) in [5.74, 6) is 1.55. The largest absolute Gasteiger partial charge is 0.392 e. The van der Waals surface area contributed by atoms with Gasteiger partial charge in [0.1, 0.15) is 0 Å². The first-order valence-corrected chi connectivity index (χ1v) is 22.9. The molecule has 0 aliphatic heterocycles. The number of hydrogen-bond donors (Lipinski definition) is 2. The molecule has 0 bridgehead atoms. The van der Waals surface area contributed by atoms with Crippen LogP contribution in [0.5, 0.6) is 0 Å². The Hall–Kier alpha value is -5.10. The van der Waals surface area contributed by atoms with Gasteiger partial charge in [-0.1, -0.05) is 230 Å². The highest BCUT2D eigenvalue weighted by atomic mass is 15.3. The van der Waals surface area contributed by atoms with E-state index < -0.39 is 6.15 Å². The van der Waals surface area contributed by atoms with Gasteiger partial charge >= 0.3 is 5.96 Å². The molecule has 0 aromatic heterocycles. The minimum Gasteiger partial charge on any atom is -0.311 e. The number of rotatable bonds is 8. The quantitative estimate of drug-likeness (QED) is 0.0708. The molecule has 5 aromatic carbocycles. The van der Waals surface area contributed by atoms with E-state index in [4.69, 9.17) is 4.99 Å². The van der Waals surface area contributed by atoms with Crippen molar-refractivity contribution < 1.29 is 4.58 Å². The van der Waals surface area contributed by atoms with Gasteiger partial charge in [0.2, 0.25) is 0 Å².